The molecule has 0 heterocycles. The number of alkyl carbamates (subject to hydrolysis) is 1. The first kappa shape index (κ1) is 21.3. The van der Waals surface area contributed by atoms with Gasteiger partial charge in [-0.05, 0) is 29.2 Å². The third kappa shape index (κ3) is 4.96. The van der Waals surface area contributed by atoms with Gasteiger partial charge in [0.1, 0.15) is 12.6 Å². The van der Waals surface area contributed by atoms with E-state index in [9.17, 15) is 19.5 Å². The lowest BCUT2D eigenvalue weighted by atomic mass is 9.98. The topological polar surface area (TPSA) is 125 Å². The summed E-state index contributed by atoms with van der Waals surface area (Å²) in [6.07, 6.45) is -2.41. The predicted molar refractivity (Wildman–Crippen MR) is 109 cm³/mol. The number of fused-ring (bicyclic) bond motifs is 3. The van der Waals surface area contributed by atoms with Gasteiger partial charge >= 0.3 is 12.1 Å². The molecule has 0 saturated carbocycles. The molecule has 0 spiro atoms. The van der Waals surface area contributed by atoms with Crippen LogP contribution in [0.2, 0.25) is 0 Å². The monoisotopic (exact) mass is 412 g/mol. The zero-order valence-electron chi connectivity index (χ0n) is 16.5. The summed E-state index contributed by atoms with van der Waals surface area (Å²) in [6, 6.07) is 15.0. The average Bonchev–Trinajstić information content (AvgIpc) is 3.04. The number of hydrogen-bond acceptors (Lipinski definition) is 5. The van der Waals surface area contributed by atoms with Crippen LogP contribution in [-0.4, -0.2) is 53.5 Å². The third-order valence-electron chi connectivity index (χ3n) is 4.99. The fraction of sp³-hybridized carbons (Fsp3) is 0.318. The molecule has 30 heavy (non-hydrogen) atoms. The molecule has 8 heteroatoms. The highest BCUT2D eigenvalue weighted by atomic mass is 16.5. The number of aliphatic hydroxyl groups is 1. The molecule has 2 aromatic carbocycles. The van der Waals surface area contributed by atoms with Crippen LogP contribution in [0.4, 0.5) is 4.79 Å². The Kier molecular flexibility index (Phi) is 6.68. The second-order valence-electron chi connectivity index (χ2n) is 7.19. The van der Waals surface area contributed by atoms with Gasteiger partial charge < -0.3 is 25.6 Å². The van der Waals surface area contributed by atoms with Crippen LogP contribution in [0.3, 0.4) is 0 Å². The van der Waals surface area contributed by atoms with Crippen molar-refractivity contribution in [2.75, 3.05) is 13.2 Å². The molecule has 0 aromatic heterocycles. The number of nitrogens with one attached hydrogen (secondary N) is 2. The predicted octanol–water partition coefficient (Wildman–Crippen LogP) is 1.87. The molecule has 8 nitrogen and oxygen atoms in total. The van der Waals surface area contributed by atoms with E-state index in [4.69, 9.17) is 9.84 Å². The van der Waals surface area contributed by atoms with Gasteiger partial charge in [0.2, 0.25) is 5.91 Å². The molecule has 1 aliphatic carbocycles. The van der Waals surface area contributed by atoms with Crippen LogP contribution in [0.5, 0.6) is 0 Å². The summed E-state index contributed by atoms with van der Waals surface area (Å²) in [5.74, 6) is -1.80. The van der Waals surface area contributed by atoms with E-state index in [1.54, 1.807) is 0 Å². The number of amides is 2. The number of carboxylic acid groups (broad SMARTS) is 1. The number of aliphatic carboxylic acids is 1. The van der Waals surface area contributed by atoms with E-state index >= 15 is 0 Å². The highest BCUT2D eigenvalue weighted by Gasteiger charge is 2.29. The Labute approximate surface area is 173 Å². The number of ether oxygens (including phenoxy) is 1. The molecule has 2 amide bonds. The Balaban J connectivity index is 1.52. The molecule has 2 atom stereocenters. The Bertz CT molecular complexity index is 899. The average molecular weight is 412 g/mol. The molecule has 0 bridgehead atoms. The van der Waals surface area contributed by atoms with Gasteiger partial charge in [0.15, 0.2) is 0 Å². The van der Waals surface area contributed by atoms with Gasteiger partial charge in [-0.2, -0.15) is 0 Å². The van der Waals surface area contributed by atoms with Crippen molar-refractivity contribution in [2.45, 2.75) is 31.4 Å². The first-order chi connectivity index (χ1) is 14.4. The number of carbonyl (C=O) groups is 3. The highest BCUT2D eigenvalue weighted by Crippen LogP contribution is 2.44. The summed E-state index contributed by atoms with van der Waals surface area (Å²) in [7, 11) is 0. The van der Waals surface area contributed by atoms with E-state index in [-0.39, 0.29) is 19.1 Å². The first-order valence-electron chi connectivity index (χ1n) is 9.66. The van der Waals surface area contributed by atoms with Crippen molar-refractivity contribution >= 4 is 18.0 Å². The molecular weight excluding hydrogens is 388 g/mol. The van der Waals surface area contributed by atoms with E-state index in [2.05, 4.69) is 10.6 Å². The van der Waals surface area contributed by atoms with Crippen molar-refractivity contribution in [3.05, 3.63) is 59.7 Å². The van der Waals surface area contributed by atoms with Crippen LogP contribution in [0.15, 0.2) is 48.5 Å². The molecule has 1 aliphatic rings. The minimum Gasteiger partial charge on any atom is -0.481 e. The molecule has 0 saturated heterocycles. The maximum atomic E-state index is 12.2. The number of carbonyl (C=O) groups excluding carboxylic acids is 2. The third-order valence-corrected chi connectivity index (χ3v) is 4.99. The van der Waals surface area contributed by atoms with Gasteiger partial charge in [-0.1, -0.05) is 48.5 Å². The summed E-state index contributed by atoms with van der Waals surface area (Å²) in [6.45, 7) is 1.38. The van der Waals surface area contributed by atoms with Gasteiger partial charge in [0.05, 0.1) is 12.5 Å². The number of benzene rings is 2. The summed E-state index contributed by atoms with van der Waals surface area (Å²) in [5.41, 5.74) is 4.42. The van der Waals surface area contributed by atoms with Crippen LogP contribution >= 0.6 is 0 Å². The summed E-state index contributed by atoms with van der Waals surface area (Å²) >= 11 is 0. The van der Waals surface area contributed by atoms with Crippen LogP contribution in [0.25, 0.3) is 11.1 Å². The molecule has 2 unspecified atom stereocenters. The SMILES string of the molecule is CC(NC(=O)OCC1c2ccccc2-c2ccccc21)C(=O)NCC(O)CC(=O)O. The van der Waals surface area contributed by atoms with Crippen LogP contribution in [0, 0.1) is 0 Å². The summed E-state index contributed by atoms with van der Waals surface area (Å²) in [5, 5.41) is 22.9. The van der Waals surface area contributed by atoms with Crippen molar-refractivity contribution < 1.29 is 29.3 Å². The van der Waals surface area contributed by atoms with E-state index in [0.29, 0.717) is 0 Å². The van der Waals surface area contributed by atoms with Gasteiger partial charge in [-0.3, -0.25) is 9.59 Å². The quantitative estimate of drug-likeness (QED) is 0.525. The van der Waals surface area contributed by atoms with Crippen LogP contribution < -0.4 is 10.6 Å². The van der Waals surface area contributed by atoms with Gasteiger partial charge in [0.25, 0.3) is 0 Å². The maximum absolute atomic E-state index is 12.2. The van der Waals surface area contributed by atoms with E-state index < -0.39 is 36.5 Å². The molecule has 0 radical (unpaired) electrons. The minimum absolute atomic E-state index is 0.0848. The van der Waals surface area contributed by atoms with Crippen LogP contribution in [-0.2, 0) is 14.3 Å². The van der Waals surface area contributed by atoms with Crippen molar-refractivity contribution in [1.29, 1.82) is 0 Å². The molecule has 0 fully saturated rings. The fourth-order valence-electron chi connectivity index (χ4n) is 3.53. The van der Waals surface area contributed by atoms with E-state index in [1.165, 1.54) is 6.92 Å². The second-order valence-corrected chi connectivity index (χ2v) is 7.19. The van der Waals surface area contributed by atoms with Crippen molar-refractivity contribution in [3.8, 4) is 11.1 Å². The summed E-state index contributed by atoms with van der Waals surface area (Å²) in [4.78, 5) is 34.7. The fourth-order valence-corrected chi connectivity index (χ4v) is 3.53. The lowest BCUT2D eigenvalue weighted by molar-refractivity contribution is -0.139. The lowest BCUT2D eigenvalue weighted by Crippen LogP contribution is -2.47. The van der Waals surface area contributed by atoms with Crippen molar-refractivity contribution in [2.24, 2.45) is 0 Å². The minimum atomic E-state index is -1.20. The second kappa shape index (κ2) is 9.41. The molecule has 158 valence electrons. The number of aliphatic hydroxyl groups excluding tert-OH is 1. The molecule has 4 N–H and O–H groups in total. The number of rotatable bonds is 8. The van der Waals surface area contributed by atoms with Crippen LogP contribution in [0.1, 0.15) is 30.4 Å². The first-order valence-corrected chi connectivity index (χ1v) is 9.66. The van der Waals surface area contributed by atoms with Gasteiger partial charge in [-0.25, -0.2) is 4.79 Å². The Morgan fingerprint density at radius 2 is 1.60 bits per heavy atom. The smallest absolute Gasteiger partial charge is 0.407 e. The Morgan fingerprint density at radius 1 is 1.03 bits per heavy atom. The van der Waals surface area contributed by atoms with Gasteiger partial charge in [0, 0.05) is 12.5 Å². The van der Waals surface area contributed by atoms with E-state index in [1.807, 2.05) is 48.5 Å². The Hall–Kier alpha value is -3.39. The Morgan fingerprint density at radius 3 is 2.17 bits per heavy atom. The van der Waals surface area contributed by atoms with Crippen molar-refractivity contribution in [3.63, 3.8) is 0 Å². The number of hydrogen-bond donors (Lipinski definition) is 4. The molecule has 3 rings (SSSR count). The normalized spacial score (nSPS) is 14.2. The largest absolute Gasteiger partial charge is 0.481 e. The zero-order valence-corrected chi connectivity index (χ0v) is 16.5. The standard InChI is InChI=1S/C22H24N2O6/c1-13(21(28)23-11-14(25)10-20(26)27)24-22(29)30-12-19-17-8-4-2-6-15(17)16-7-3-5-9-18(16)19/h2-9,13-14,19,25H,10-12H2,1H3,(H,23,28)(H,24,29)(H,26,27). The zero-order chi connectivity index (χ0) is 21.7. The van der Waals surface area contributed by atoms with Crippen molar-refractivity contribution in [1.82, 2.24) is 10.6 Å². The lowest BCUT2D eigenvalue weighted by Gasteiger charge is -2.17. The molecule has 0 aliphatic heterocycles. The van der Waals surface area contributed by atoms with Gasteiger partial charge in [-0.15, -0.1) is 0 Å². The molecule has 2 aromatic rings. The molecular formula is C22H24N2O6. The highest BCUT2D eigenvalue weighted by molar-refractivity contribution is 5.85. The number of carboxylic acids is 1. The van der Waals surface area contributed by atoms with E-state index in [0.717, 1.165) is 22.3 Å². The maximum Gasteiger partial charge on any atom is 0.407 e. The summed E-state index contributed by atoms with van der Waals surface area (Å²) < 4.78 is 5.38.